The van der Waals surface area contributed by atoms with Crippen LogP contribution in [0.2, 0.25) is 0 Å². The first-order valence-corrected chi connectivity index (χ1v) is 11.1. The molecule has 2 aliphatic heterocycles. The van der Waals surface area contributed by atoms with Gasteiger partial charge in [-0.05, 0) is 25.0 Å². The molecule has 2 heterocycles. The highest BCUT2D eigenvalue weighted by molar-refractivity contribution is 6.05. The molecular formula is C25H29N5O3. The molecule has 1 saturated heterocycles. The van der Waals surface area contributed by atoms with Gasteiger partial charge in [0.05, 0.1) is 12.6 Å². The Bertz CT molecular complexity index is 1010. The van der Waals surface area contributed by atoms with Crippen molar-refractivity contribution in [2.75, 3.05) is 13.6 Å². The number of amides is 3. The van der Waals surface area contributed by atoms with Gasteiger partial charge in [-0.25, -0.2) is 9.79 Å². The number of urea groups is 1. The largest absolute Gasteiger partial charge is 0.334 e. The molecular weight excluding hydrogens is 418 g/mol. The molecule has 3 amide bonds. The molecule has 4 rings (SSSR count). The zero-order valence-corrected chi connectivity index (χ0v) is 19.1. The first kappa shape index (κ1) is 22.7. The summed E-state index contributed by atoms with van der Waals surface area (Å²) in [5.41, 5.74) is 2.31. The van der Waals surface area contributed by atoms with Crippen molar-refractivity contribution in [3.8, 4) is 0 Å². The van der Waals surface area contributed by atoms with E-state index in [9.17, 15) is 14.4 Å². The fourth-order valence-corrected chi connectivity index (χ4v) is 4.38. The van der Waals surface area contributed by atoms with Crippen molar-refractivity contribution >= 4 is 23.6 Å². The fraction of sp³-hybridized carbons (Fsp3) is 0.360. The number of carbonyl (C=O) groups excluding carboxylic acids is 3. The molecule has 8 nitrogen and oxygen atoms in total. The van der Waals surface area contributed by atoms with Gasteiger partial charge in [0.1, 0.15) is 5.84 Å². The van der Waals surface area contributed by atoms with Gasteiger partial charge in [-0.1, -0.05) is 60.7 Å². The van der Waals surface area contributed by atoms with Crippen LogP contribution in [0.5, 0.6) is 0 Å². The lowest BCUT2D eigenvalue weighted by Crippen LogP contribution is -2.65. The predicted octanol–water partition coefficient (Wildman–Crippen LogP) is 2.26. The van der Waals surface area contributed by atoms with Crippen LogP contribution < -0.4 is 5.32 Å². The second kappa shape index (κ2) is 9.54. The molecule has 0 saturated carbocycles. The fourth-order valence-electron chi connectivity index (χ4n) is 4.38. The van der Waals surface area contributed by atoms with Crippen molar-refractivity contribution in [2.24, 2.45) is 4.99 Å². The van der Waals surface area contributed by atoms with Crippen LogP contribution >= 0.6 is 0 Å². The molecule has 1 N–H and O–H groups in total. The summed E-state index contributed by atoms with van der Waals surface area (Å²) in [6, 6.07) is 18.5. The van der Waals surface area contributed by atoms with Crippen molar-refractivity contribution in [3.05, 3.63) is 71.8 Å². The number of ketones is 1. The Morgan fingerprint density at radius 2 is 1.55 bits per heavy atom. The molecule has 0 bridgehead atoms. The summed E-state index contributed by atoms with van der Waals surface area (Å²) in [5.74, 6) is 0.150. The molecule has 33 heavy (non-hydrogen) atoms. The summed E-state index contributed by atoms with van der Waals surface area (Å²) in [6.45, 7) is 5.07. The Morgan fingerprint density at radius 1 is 1.00 bits per heavy atom. The minimum absolute atomic E-state index is 0.0617. The monoisotopic (exact) mass is 447 g/mol. The first-order chi connectivity index (χ1) is 15.8. The van der Waals surface area contributed by atoms with Crippen LogP contribution in [0.4, 0.5) is 4.79 Å². The topological polar surface area (TPSA) is 85.3 Å². The van der Waals surface area contributed by atoms with Gasteiger partial charge in [0.2, 0.25) is 0 Å². The number of nitrogens with zero attached hydrogens (tertiary/aromatic N) is 4. The standard InChI is InChI=1S/C25H29N5O3/c1-17(18(2)31)30-21(26-23-22(30)24(32)27-25(33)28(23)3)16-29(14-19-10-6-4-7-11-19)15-20-12-8-5-9-13-20/h4-13,17,22-23H,14-16H2,1-3H3,(H,27,32,33). The van der Waals surface area contributed by atoms with Gasteiger partial charge in [0.15, 0.2) is 18.0 Å². The van der Waals surface area contributed by atoms with Crippen molar-refractivity contribution in [3.63, 3.8) is 0 Å². The van der Waals surface area contributed by atoms with Crippen LogP contribution in [0, 0.1) is 0 Å². The van der Waals surface area contributed by atoms with E-state index >= 15 is 0 Å². The second-order valence-electron chi connectivity index (χ2n) is 8.62. The second-order valence-corrected chi connectivity index (χ2v) is 8.62. The highest BCUT2D eigenvalue weighted by atomic mass is 16.2. The van der Waals surface area contributed by atoms with Crippen LogP contribution in [-0.4, -0.2) is 70.1 Å². The molecule has 172 valence electrons. The third-order valence-corrected chi connectivity index (χ3v) is 6.25. The van der Waals surface area contributed by atoms with E-state index in [0.29, 0.717) is 25.5 Å². The minimum atomic E-state index is -0.725. The van der Waals surface area contributed by atoms with Gasteiger partial charge >= 0.3 is 6.03 Å². The molecule has 0 aliphatic carbocycles. The molecule has 8 heteroatoms. The number of imide groups is 1. The number of hydrogen-bond acceptors (Lipinski definition) is 6. The van der Waals surface area contributed by atoms with E-state index in [2.05, 4.69) is 34.5 Å². The first-order valence-electron chi connectivity index (χ1n) is 11.1. The van der Waals surface area contributed by atoms with E-state index in [0.717, 1.165) is 11.1 Å². The van der Waals surface area contributed by atoms with Crippen LogP contribution in [0.25, 0.3) is 0 Å². The number of carbonyl (C=O) groups is 3. The summed E-state index contributed by atoms with van der Waals surface area (Å²) in [7, 11) is 1.62. The third kappa shape index (κ3) is 4.80. The number of nitrogens with one attached hydrogen (secondary N) is 1. The van der Waals surface area contributed by atoms with E-state index < -0.39 is 30.2 Å². The lowest BCUT2D eigenvalue weighted by atomic mass is 10.1. The van der Waals surface area contributed by atoms with Gasteiger partial charge in [-0.2, -0.15) is 0 Å². The summed E-state index contributed by atoms with van der Waals surface area (Å²) in [4.78, 5) is 47.6. The Morgan fingerprint density at radius 3 is 2.06 bits per heavy atom. The van der Waals surface area contributed by atoms with Gasteiger partial charge in [0.25, 0.3) is 5.91 Å². The normalized spacial score (nSPS) is 21.0. The molecule has 2 aromatic rings. The summed E-state index contributed by atoms with van der Waals surface area (Å²) in [5, 5.41) is 2.39. The van der Waals surface area contributed by atoms with Gasteiger partial charge < -0.3 is 9.80 Å². The number of aliphatic imine (C=N–C) groups is 1. The summed E-state index contributed by atoms with van der Waals surface area (Å²) >= 11 is 0. The number of Topliss-reactive ketones (excluding diaryl/α,β-unsaturated/α-hetero) is 1. The zero-order valence-electron chi connectivity index (χ0n) is 19.1. The number of benzene rings is 2. The van der Waals surface area contributed by atoms with Gasteiger partial charge in [0, 0.05) is 20.1 Å². The minimum Gasteiger partial charge on any atom is -0.334 e. The van der Waals surface area contributed by atoms with Crippen molar-refractivity contribution < 1.29 is 14.4 Å². The zero-order chi connectivity index (χ0) is 23.5. The average Bonchev–Trinajstić information content (AvgIpc) is 3.18. The third-order valence-electron chi connectivity index (χ3n) is 6.25. The predicted molar refractivity (Wildman–Crippen MR) is 125 cm³/mol. The van der Waals surface area contributed by atoms with Crippen LogP contribution in [0.15, 0.2) is 65.7 Å². The summed E-state index contributed by atoms with van der Waals surface area (Å²) < 4.78 is 0. The maximum Gasteiger partial charge on any atom is 0.325 e. The molecule has 2 aliphatic rings. The van der Waals surface area contributed by atoms with Crippen LogP contribution in [0.3, 0.4) is 0 Å². The van der Waals surface area contributed by atoms with E-state index in [-0.39, 0.29) is 5.78 Å². The van der Waals surface area contributed by atoms with Crippen molar-refractivity contribution in [1.82, 2.24) is 20.0 Å². The van der Waals surface area contributed by atoms with Crippen LogP contribution in [-0.2, 0) is 22.7 Å². The number of amidine groups is 1. The molecule has 3 unspecified atom stereocenters. The molecule has 0 spiro atoms. The molecule has 1 fully saturated rings. The Labute approximate surface area is 193 Å². The maximum absolute atomic E-state index is 12.8. The van der Waals surface area contributed by atoms with E-state index in [1.165, 1.54) is 11.8 Å². The molecule has 3 atom stereocenters. The SMILES string of the molecule is CC(=O)C(C)N1C(CN(Cc2ccccc2)Cc2ccccc2)=NC2C1C(=O)NC(=O)N2C. The smallest absolute Gasteiger partial charge is 0.325 e. The number of rotatable bonds is 8. The van der Waals surface area contributed by atoms with Gasteiger partial charge in [-0.15, -0.1) is 0 Å². The lowest BCUT2D eigenvalue weighted by Gasteiger charge is -2.39. The Balaban J connectivity index is 1.66. The average molecular weight is 448 g/mol. The Kier molecular flexibility index (Phi) is 6.55. The van der Waals surface area contributed by atoms with E-state index in [1.807, 2.05) is 36.4 Å². The Hall–Kier alpha value is -3.52. The molecule has 0 aromatic heterocycles. The number of fused-ring (bicyclic) bond motifs is 1. The van der Waals surface area contributed by atoms with E-state index in [1.54, 1.807) is 18.9 Å². The molecule has 2 aromatic carbocycles. The highest BCUT2D eigenvalue weighted by Gasteiger charge is 2.50. The lowest BCUT2D eigenvalue weighted by molar-refractivity contribution is -0.129. The maximum atomic E-state index is 12.8. The van der Waals surface area contributed by atoms with Crippen LogP contribution in [0.1, 0.15) is 25.0 Å². The molecule has 0 radical (unpaired) electrons. The van der Waals surface area contributed by atoms with Gasteiger partial charge in [-0.3, -0.25) is 19.8 Å². The van der Waals surface area contributed by atoms with Crippen molar-refractivity contribution in [1.29, 1.82) is 0 Å². The van der Waals surface area contributed by atoms with E-state index in [4.69, 9.17) is 4.99 Å². The highest BCUT2D eigenvalue weighted by Crippen LogP contribution is 2.27. The number of hydrogen-bond donors (Lipinski definition) is 1. The summed E-state index contributed by atoms with van der Waals surface area (Å²) in [6.07, 6.45) is -0.654. The van der Waals surface area contributed by atoms with Crippen molar-refractivity contribution in [2.45, 2.75) is 45.2 Å². The quantitative estimate of drug-likeness (QED) is 0.671. The number of likely N-dealkylation sites (N-methyl/N-ethyl adjacent to an activating group) is 1.